The molecule has 0 aromatic carbocycles. The number of hydrogen-bond acceptors (Lipinski definition) is 2. The quantitative estimate of drug-likeness (QED) is 0.774. The summed E-state index contributed by atoms with van der Waals surface area (Å²) in [5.74, 6) is 0.808. The number of likely N-dealkylation sites (tertiary alicyclic amines) is 1. The minimum Gasteiger partial charge on any atom is -0.356 e. The lowest BCUT2D eigenvalue weighted by Crippen LogP contribution is -2.39. The number of piperidine rings is 1. The van der Waals surface area contributed by atoms with Gasteiger partial charge in [-0.25, -0.2) is 0 Å². The van der Waals surface area contributed by atoms with Gasteiger partial charge in [0.05, 0.1) is 0 Å². The molecule has 1 amide bonds. The number of nitrogens with zero attached hydrogens (tertiary/aromatic N) is 1. The van der Waals surface area contributed by atoms with Gasteiger partial charge < -0.3 is 10.2 Å². The SMILES string of the molecule is CN1CCCC(CNC(=O)CCBr)C1. The van der Waals surface area contributed by atoms with Crippen LogP contribution < -0.4 is 5.32 Å². The van der Waals surface area contributed by atoms with Crippen molar-refractivity contribution in [2.45, 2.75) is 19.3 Å². The van der Waals surface area contributed by atoms with Crippen molar-refractivity contribution in [3.63, 3.8) is 0 Å². The molecule has 3 nitrogen and oxygen atoms in total. The smallest absolute Gasteiger partial charge is 0.220 e. The Kier molecular flexibility index (Phi) is 5.48. The summed E-state index contributed by atoms with van der Waals surface area (Å²) < 4.78 is 0. The number of carbonyl (C=O) groups is 1. The number of alkyl halides is 1. The number of amides is 1. The first-order chi connectivity index (χ1) is 6.72. The van der Waals surface area contributed by atoms with Crippen molar-refractivity contribution in [1.29, 1.82) is 0 Å². The molecule has 1 aliphatic heterocycles. The Balaban J connectivity index is 2.14. The summed E-state index contributed by atoms with van der Waals surface area (Å²) in [5, 5.41) is 3.73. The molecule has 14 heavy (non-hydrogen) atoms. The second-order valence-corrected chi connectivity index (χ2v) is 4.81. The highest BCUT2D eigenvalue weighted by Crippen LogP contribution is 2.13. The summed E-state index contributed by atoms with van der Waals surface area (Å²) in [6.07, 6.45) is 3.09. The number of nitrogens with one attached hydrogen (secondary N) is 1. The molecule has 0 bridgehead atoms. The zero-order valence-corrected chi connectivity index (χ0v) is 10.3. The van der Waals surface area contributed by atoms with E-state index in [2.05, 4.69) is 33.2 Å². The van der Waals surface area contributed by atoms with Gasteiger partial charge in [0, 0.05) is 24.8 Å². The van der Waals surface area contributed by atoms with Crippen molar-refractivity contribution in [1.82, 2.24) is 10.2 Å². The summed E-state index contributed by atoms with van der Waals surface area (Å²) >= 11 is 3.26. The van der Waals surface area contributed by atoms with Crippen molar-refractivity contribution in [2.75, 3.05) is 32.0 Å². The molecule has 1 rings (SSSR count). The lowest BCUT2D eigenvalue weighted by atomic mass is 9.98. The molecule has 1 heterocycles. The molecule has 1 aliphatic rings. The molecule has 0 aliphatic carbocycles. The molecule has 1 atom stereocenters. The lowest BCUT2D eigenvalue weighted by Gasteiger charge is -2.29. The van der Waals surface area contributed by atoms with Crippen LogP contribution in [0.2, 0.25) is 0 Å². The fraction of sp³-hybridized carbons (Fsp3) is 0.900. The van der Waals surface area contributed by atoms with E-state index in [9.17, 15) is 4.79 Å². The molecule has 0 radical (unpaired) electrons. The van der Waals surface area contributed by atoms with Gasteiger partial charge in [-0.3, -0.25) is 4.79 Å². The normalized spacial score (nSPS) is 23.4. The van der Waals surface area contributed by atoms with E-state index < -0.39 is 0 Å². The van der Waals surface area contributed by atoms with Crippen LogP contribution in [0.5, 0.6) is 0 Å². The predicted molar refractivity (Wildman–Crippen MR) is 61.6 cm³/mol. The summed E-state index contributed by atoms with van der Waals surface area (Å²) in [6.45, 7) is 3.16. The molecule has 0 aromatic heterocycles. The van der Waals surface area contributed by atoms with Crippen molar-refractivity contribution in [3.8, 4) is 0 Å². The van der Waals surface area contributed by atoms with Crippen molar-refractivity contribution in [3.05, 3.63) is 0 Å². The molecule has 0 saturated carbocycles. The average Bonchev–Trinajstić information content (AvgIpc) is 2.15. The van der Waals surface area contributed by atoms with Gasteiger partial charge in [-0.05, 0) is 32.4 Å². The zero-order valence-electron chi connectivity index (χ0n) is 8.76. The summed E-state index contributed by atoms with van der Waals surface area (Å²) in [7, 11) is 2.15. The Hall–Kier alpha value is -0.0900. The van der Waals surface area contributed by atoms with E-state index in [1.165, 1.54) is 19.4 Å². The fourth-order valence-corrected chi connectivity index (χ4v) is 2.23. The standard InChI is InChI=1S/C10H19BrN2O/c1-13-6-2-3-9(8-13)7-12-10(14)4-5-11/h9H,2-8H2,1H3,(H,12,14). The first-order valence-electron chi connectivity index (χ1n) is 5.23. The second-order valence-electron chi connectivity index (χ2n) is 4.01. The molecule has 1 fully saturated rings. The van der Waals surface area contributed by atoms with Gasteiger partial charge in [0.2, 0.25) is 5.91 Å². The molecule has 0 aromatic rings. The maximum Gasteiger partial charge on any atom is 0.220 e. The van der Waals surface area contributed by atoms with Gasteiger partial charge in [-0.1, -0.05) is 15.9 Å². The zero-order chi connectivity index (χ0) is 10.4. The van der Waals surface area contributed by atoms with E-state index in [1.807, 2.05) is 0 Å². The van der Waals surface area contributed by atoms with Crippen LogP contribution in [0.25, 0.3) is 0 Å². The topological polar surface area (TPSA) is 32.3 Å². The number of halogens is 1. The summed E-state index contributed by atoms with van der Waals surface area (Å²) in [5.41, 5.74) is 0. The van der Waals surface area contributed by atoms with Gasteiger partial charge in [0.1, 0.15) is 0 Å². The average molecular weight is 263 g/mol. The minimum absolute atomic E-state index is 0.162. The molecule has 1 saturated heterocycles. The van der Waals surface area contributed by atoms with E-state index in [0.717, 1.165) is 18.4 Å². The highest BCUT2D eigenvalue weighted by molar-refractivity contribution is 9.09. The monoisotopic (exact) mass is 262 g/mol. The van der Waals surface area contributed by atoms with Crippen molar-refractivity contribution >= 4 is 21.8 Å². The molecule has 0 spiro atoms. The molecule has 1 unspecified atom stereocenters. The molecular weight excluding hydrogens is 244 g/mol. The summed E-state index contributed by atoms with van der Waals surface area (Å²) in [6, 6.07) is 0. The maximum atomic E-state index is 11.2. The van der Waals surface area contributed by atoms with E-state index >= 15 is 0 Å². The third-order valence-corrected chi connectivity index (χ3v) is 3.03. The van der Waals surface area contributed by atoms with Crippen LogP contribution in [-0.4, -0.2) is 42.8 Å². The Labute approximate surface area is 94.4 Å². The van der Waals surface area contributed by atoms with Crippen LogP contribution in [0.1, 0.15) is 19.3 Å². The van der Waals surface area contributed by atoms with Crippen molar-refractivity contribution in [2.24, 2.45) is 5.92 Å². The van der Waals surface area contributed by atoms with Crippen LogP contribution in [0.3, 0.4) is 0 Å². The highest BCUT2D eigenvalue weighted by Gasteiger charge is 2.17. The van der Waals surface area contributed by atoms with Gasteiger partial charge in [-0.15, -0.1) is 0 Å². The molecule has 1 N–H and O–H groups in total. The number of hydrogen-bond donors (Lipinski definition) is 1. The van der Waals surface area contributed by atoms with Crippen LogP contribution in [0.15, 0.2) is 0 Å². The van der Waals surface area contributed by atoms with Gasteiger partial charge >= 0.3 is 0 Å². The molecule has 82 valence electrons. The Morgan fingerprint density at radius 1 is 1.64 bits per heavy atom. The van der Waals surface area contributed by atoms with Crippen molar-refractivity contribution < 1.29 is 4.79 Å². The lowest BCUT2D eigenvalue weighted by molar-refractivity contribution is -0.120. The third-order valence-electron chi connectivity index (χ3n) is 2.63. The largest absolute Gasteiger partial charge is 0.356 e. The maximum absolute atomic E-state index is 11.2. The Morgan fingerprint density at radius 3 is 3.07 bits per heavy atom. The van der Waals surface area contributed by atoms with E-state index in [4.69, 9.17) is 0 Å². The number of carbonyl (C=O) groups excluding carboxylic acids is 1. The van der Waals surface area contributed by atoms with Gasteiger partial charge in [-0.2, -0.15) is 0 Å². The summed E-state index contributed by atoms with van der Waals surface area (Å²) in [4.78, 5) is 13.6. The first-order valence-corrected chi connectivity index (χ1v) is 6.35. The van der Waals surface area contributed by atoms with Gasteiger partial charge in [0.15, 0.2) is 0 Å². The Bertz CT molecular complexity index is 187. The third kappa shape index (κ3) is 4.42. The van der Waals surface area contributed by atoms with Crippen LogP contribution in [0.4, 0.5) is 0 Å². The van der Waals surface area contributed by atoms with Crippen LogP contribution in [0, 0.1) is 5.92 Å². The number of rotatable bonds is 4. The van der Waals surface area contributed by atoms with E-state index in [1.54, 1.807) is 0 Å². The molecule has 4 heteroatoms. The second kappa shape index (κ2) is 6.40. The first kappa shape index (κ1) is 12.0. The Morgan fingerprint density at radius 2 is 2.43 bits per heavy atom. The van der Waals surface area contributed by atoms with Crippen LogP contribution >= 0.6 is 15.9 Å². The van der Waals surface area contributed by atoms with Crippen LogP contribution in [-0.2, 0) is 4.79 Å². The molecular formula is C10H19BrN2O. The highest BCUT2D eigenvalue weighted by atomic mass is 79.9. The van der Waals surface area contributed by atoms with E-state index in [0.29, 0.717) is 12.3 Å². The fourth-order valence-electron chi connectivity index (χ4n) is 1.87. The van der Waals surface area contributed by atoms with E-state index in [-0.39, 0.29) is 5.91 Å². The van der Waals surface area contributed by atoms with Gasteiger partial charge in [0.25, 0.3) is 0 Å². The minimum atomic E-state index is 0.162. The predicted octanol–water partition coefficient (Wildman–Crippen LogP) is 1.23.